The van der Waals surface area contributed by atoms with Gasteiger partial charge in [0.05, 0.1) is 72.9 Å². The molecule has 0 atom stereocenters. The van der Waals surface area contributed by atoms with Gasteiger partial charge in [-0.25, -0.2) is 8.78 Å². The molecule has 0 bridgehead atoms. The van der Waals surface area contributed by atoms with Gasteiger partial charge in [-0.05, 0) is 136 Å². The summed E-state index contributed by atoms with van der Waals surface area (Å²) in [5, 5.41) is 12.8. The van der Waals surface area contributed by atoms with Crippen LogP contribution in [0.2, 0.25) is 0 Å². The Labute approximate surface area is 598 Å². The van der Waals surface area contributed by atoms with Crippen LogP contribution in [0.3, 0.4) is 0 Å². The van der Waals surface area contributed by atoms with E-state index in [4.69, 9.17) is 6.58 Å². The second-order valence-electron chi connectivity index (χ2n) is 28.5. The summed E-state index contributed by atoms with van der Waals surface area (Å²) in [6, 6.07) is 108. The molecule has 0 saturated carbocycles. The van der Waals surface area contributed by atoms with Crippen molar-refractivity contribution in [1.29, 1.82) is 0 Å². The summed E-state index contributed by atoms with van der Waals surface area (Å²) in [6.07, 6.45) is 5.70. The van der Waals surface area contributed by atoms with Crippen LogP contribution in [0.5, 0.6) is 0 Å². The lowest BCUT2D eigenvalue weighted by atomic mass is 9.74. The van der Waals surface area contributed by atoms with E-state index in [-0.39, 0.29) is 0 Å². The van der Waals surface area contributed by atoms with Crippen LogP contribution in [0.1, 0.15) is 44.4 Å². The molecular formula is C96H68F2N6. The maximum atomic E-state index is 19.4. The number of aromatic nitrogens is 6. The van der Waals surface area contributed by atoms with Crippen LogP contribution in [0.4, 0.5) is 8.78 Å². The fourth-order valence-corrected chi connectivity index (χ4v) is 18.4. The molecule has 0 radical (unpaired) electrons. The molecule has 6 nitrogen and oxygen atoms in total. The first kappa shape index (κ1) is 60.9. The van der Waals surface area contributed by atoms with Gasteiger partial charge in [0.25, 0.3) is 0 Å². The highest BCUT2D eigenvalue weighted by Gasteiger charge is 2.45. The number of rotatable bonds is 12. The molecule has 20 rings (SSSR count). The van der Waals surface area contributed by atoms with Gasteiger partial charge in [0.1, 0.15) is 5.82 Å². The maximum Gasteiger partial charge on any atom is 0.131 e. The van der Waals surface area contributed by atoms with Crippen LogP contribution >= 0.6 is 0 Å². The summed E-state index contributed by atoms with van der Waals surface area (Å²) in [6.45, 7) is 14.7. The minimum Gasteiger partial charge on any atom is -0.331 e. The third-order valence-corrected chi connectivity index (χ3v) is 22.3. The van der Waals surface area contributed by atoms with Crippen LogP contribution < -0.4 is 0 Å². The van der Waals surface area contributed by atoms with Gasteiger partial charge in [-0.1, -0.05) is 231 Å². The normalized spacial score (nSPS) is 12.7. The first-order valence-corrected chi connectivity index (χ1v) is 35.7. The van der Waals surface area contributed by atoms with Crippen molar-refractivity contribution >= 4 is 136 Å². The molecule has 0 unspecified atom stereocenters. The Balaban J connectivity index is 1.14. The molecule has 6 aromatic heterocycles. The van der Waals surface area contributed by atoms with Crippen molar-refractivity contribution in [2.24, 2.45) is 0 Å². The number of para-hydroxylation sites is 10. The average Bonchev–Trinajstić information content (AvgIpc) is 1.36. The Morgan fingerprint density at radius 3 is 1.07 bits per heavy atom. The molecule has 104 heavy (non-hydrogen) atoms. The van der Waals surface area contributed by atoms with E-state index in [1.807, 2.05) is 18.2 Å². The smallest absolute Gasteiger partial charge is 0.131 e. The molecule has 0 saturated heterocycles. The number of halogens is 2. The fraction of sp³-hybridized carbons (Fsp3) is 0.0625. The number of hydrogen-bond donors (Lipinski definition) is 0. The van der Waals surface area contributed by atoms with Gasteiger partial charge in [0.2, 0.25) is 0 Å². The first-order valence-electron chi connectivity index (χ1n) is 35.7. The molecule has 0 N–H and O–H groups in total. The molecular weight excluding hydrogens is 1280 g/mol. The fourth-order valence-electron chi connectivity index (χ4n) is 18.4. The van der Waals surface area contributed by atoms with Crippen LogP contribution in [-0.4, -0.2) is 27.4 Å². The number of fused-ring (bicyclic) bond motifs is 20. The SMILES string of the molecule is C=C(/C=C\C=C/F)c1c(-n2c3ccccc3c3ccc4c(c5ccccc5n4-c4ccccc4)c32)c(C(C)(C)n2c3ccccc3c3ccccc32)c(-n2c3ccccc3c3ccc4c(c5ccccc5n4-c4ccccc4)c32)c(-c2ccccc2F)c1C(C)(C)n1c2ccccc2c2ccccc21. The lowest BCUT2D eigenvalue weighted by Crippen LogP contribution is -2.35. The third kappa shape index (κ3) is 8.48. The number of allylic oxidation sites excluding steroid dienone is 4. The van der Waals surface area contributed by atoms with Crippen LogP contribution in [-0.2, 0) is 11.1 Å². The van der Waals surface area contributed by atoms with E-state index in [1.165, 1.54) is 6.08 Å². The van der Waals surface area contributed by atoms with Gasteiger partial charge < -0.3 is 27.4 Å². The van der Waals surface area contributed by atoms with Gasteiger partial charge in [-0.2, -0.15) is 0 Å². The second-order valence-corrected chi connectivity index (χ2v) is 28.5. The molecule has 20 aromatic rings. The summed E-state index contributed by atoms with van der Waals surface area (Å²) in [5.74, 6) is -0.396. The van der Waals surface area contributed by atoms with Crippen LogP contribution in [0.25, 0.3) is 170 Å². The molecule has 6 heterocycles. The molecule has 14 aromatic carbocycles. The van der Waals surface area contributed by atoms with Gasteiger partial charge in [-0.3, -0.25) is 0 Å². The summed E-state index contributed by atoms with van der Waals surface area (Å²) in [4.78, 5) is 0. The monoisotopic (exact) mass is 1340 g/mol. The van der Waals surface area contributed by atoms with Crippen molar-refractivity contribution in [3.8, 4) is 33.9 Å². The van der Waals surface area contributed by atoms with Crippen molar-refractivity contribution < 1.29 is 8.78 Å². The van der Waals surface area contributed by atoms with Gasteiger partial charge >= 0.3 is 0 Å². The summed E-state index contributed by atoms with van der Waals surface area (Å²) in [5.41, 5.74) is 17.5. The van der Waals surface area contributed by atoms with E-state index in [2.05, 4.69) is 334 Å². The van der Waals surface area contributed by atoms with E-state index >= 15 is 8.78 Å². The molecule has 0 aliphatic carbocycles. The Kier molecular flexibility index (Phi) is 13.5. The Morgan fingerprint density at radius 2 is 0.654 bits per heavy atom. The number of benzene rings is 14. The highest BCUT2D eigenvalue weighted by Crippen LogP contribution is 2.58. The van der Waals surface area contributed by atoms with Gasteiger partial charge in [0.15, 0.2) is 0 Å². The zero-order chi connectivity index (χ0) is 69.9. The lowest BCUT2D eigenvalue weighted by molar-refractivity contribution is 0.453. The molecule has 0 aliphatic rings. The van der Waals surface area contributed by atoms with Crippen LogP contribution in [0.15, 0.2) is 334 Å². The summed E-state index contributed by atoms with van der Waals surface area (Å²) < 4.78 is 49.5. The molecule has 8 heteroatoms. The standard InChI is InChI=1S/C96H68F2N6/c1-60(32-30-31-59-97)85-89(95(2,3)103-79-51-26-15-37-63(79)64-38-16-27-52-80(64)103)88(71-43-12-21-46-74(71)98)94(102-76-48-23-14-42-68(76)70-56-58-84-87(92(70)102)73-45-20-25-50-78(73)100(84)62-35-10-7-11-36-62)90(96(4,5)104-81-53-28-17-39-65(81)66-40-18-29-54-82(66)104)93(85)101-75-47-22-13-41-67(75)69-55-57-83-86(91(69)101)72-44-19-24-49-77(72)99(83)61-33-8-6-9-34-61/h6-59H,1H2,2-5H3/b32-30-,59-31-. The van der Waals surface area contributed by atoms with E-state index < -0.39 is 16.9 Å². The topological polar surface area (TPSA) is 29.6 Å². The Morgan fingerprint density at radius 1 is 0.317 bits per heavy atom. The summed E-state index contributed by atoms with van der Waals surface area (Å²) >= 11 is 0. The van der Waals surface area contributed by atoms with E-state index in [0.29, 0.717) is 23.0 Å². The van der Waals surface area contributed by atoms with Crippen molar-refractivity contribution in [3.05, 3.63) is 357 Å². The Hall–Kier alpha value is -13.0. The molecule has 0 aliphatic heterocycles. The quantitative estimate of drug-likeness (QED) is 0.109. The summed E-state index contributed by atoms with van der Waals surface area (Å²) in [7, 11) is 0. The van der Waals surface area contributed by atoms with E-state index in [0.717, 1.165) is 170 Å². The zero-order valence-corrected chi connectivity index (χ0v) is 57.8. The predicted octanol–water partition coefficient (Wildman–Crippen LogP) is 25.7. The van der Waals surface area contributed by atoms with E-state index in [1.54, 1.807) is 18.2 Å². The minimum atomic E-state index is -1.16. The maximum absolute atomic E-state index is 19.4. The van der Waals surface area contributed by atoms with Gasteiger partial charge in [-0.15, -0.1) is 0 Å². The third-order valence-electron chi connectivity index (χ3n) is 22.3. The predicted molar refractivity (Wildman–Crippen MR) is 433 cm³/mol. The highest BCUT2D eigenvalue weighted by atomic mass is 19.1. The molecule has 496 valence electrons. The number of hydrogen-bond acceptors (Lipinski definition) is 0. The lowest BCUT2D eigenvalue weighted by Gasteiger charge is -2.42. The van der Waals surface area contributed by atoms with Crippen molar-refractivity contribution in [1.82, 2.24) is 27.4 Å². The van der Waals surface area contributed by atoms with Crippen LogP contribution in [0, 0.1) is 5.82 Å². The molecule has 0 amide bonds. The average molecular weight is 1340 g/mol. The second kappa shape index (κ2) is 23.0. The number of nitrogens with zero attached hydrogens (tertiary/aromatic N) is 6. The van der Waals surface area contributed by atoms with E-state index in [9.17, 15) is 0 Å². The van der Waals surface area contributed by atoms with Gasteiger partial charge in [0, 0.05) is 120 Å². The minimum absolute atomic E-state index is 0.396. The molecule has 0 fully saturated rings. The Bertz CT molecular complexity index is 6970. The van der Waals surface area contributed by atoms with Crippen molar-refractivity contribution in [3.63, 3.8) is 0 Å². The molecule has 0 spiro atoms. The highest BCUT2D eigenvalue weighted by molar-refractivity contribution is 6.29. The van der Waals surface area contributed by atoms with Crippen molar-refractivity contribution in [2.75, 3.05) is 0 Å². The van der Waals surface area contributed by atoms with Crippen molar-refractivity contribution in [2.45, 2.75) is 38.8 Å². The largest absolute Gasteiger partial charge is 0.331 e. The first-order chi connectivity index (χ1) is 51.0. The zero-order valence-electron chi connectivity index (χ0n) is 57.8.